The molecular formula is C13H20O3. The van der Waals surface area contributed by atoms with Gasteiger partial charge in [-0.05, 0) is 31.9 Å². The molecule has 90 valence electrons. The van der Waals surface area contributed by atoms with Gasteiger partial charge in [0.15, 0.2) is 11.5 Å². The van der Waals surface area contributed by atoms with Crippen molar-refractivity contribution < 1.29 is 14.6 Å². The zero-order valence-electron chi connectivity index (χ0n) is 10.6. The fourth-order valence-corrected chi connectivity index (χ4v) is 1.92. The van der Waals surface area contributed by atoms with Gasteiger partial charge in [0.25, 0.3) is 0 Å². The zero-order valence-corrected chi connectivity index (χ0v) is 10.6. The van der Waals surface area contributed by atoms with Gasteiger partial charge in [-0.15, -0.1) is 0 Å². The summed E-state index contributed by atoms with van der Waals surface area (Å²) >= 11 is 0. The second-order valence-electron chi connectivity index (χ2n) is 4.24. The van der Waals surface area contributed by atoms with Crippen LogP contribution in [0.5, 0.6) is 11.5 Å². The van der Waals surface area contributed by atoms with Crippen LogP contribution in [0.3, 0.4) is 0 Å². The summed E-state index contributed by atoms with van der Waals surface area (Å²) in [6.45, 7) is 5.58. The molecule has 0 atom stereocenters. The van der Waals surface area contributed by atoms with Crippen molar-refractivity contribution in [2.24, 2.45) is 0 Å². The summed E-state index contributed by atoms with van der Waals surface area (Å²) in [7, 11) is 3.23. The Morgan fingerprint density at radius 1 is 1.19 bits per heavy atom. The van der Waals surface area contributed by atoms with E-state index in [0.29, 0.717) is 11.5 Å². The van der Waals surface area contributed by atoms with Crippen molar-refractivity contribution in [3.63, 3.8) is 0 Å². The molecule has 0 spiro atoms. The summed E-state index contributed by atoms with van der Waals surface area (Å²) in [5.74, 6) is 1.41. The van der Waals surface area contributed by atoms with E-state index in [4.69, 9.17) is 9.47 Å². The summed E-state index contributed by atoms with van der Waals surface area (Å²) in [6.07, 6.45) is 0.791. The largest absolute Gasteiger partial charge is 0.493 e. The van der Waals surface area contributed by atoms with Crippen LogP contribution in [0.25, 0.3) is 0 Å². The Labute approximate surface area is 97.0 Å². The van der Waals surface area contributed by atoms with E-state index >= 15 is 0 Å². The van der Waals surface area contributed by atoms with Crippen LogP contribution in [0.1, 0.15) is 31.9 Å². The highest BCUT2D eigenvalue weighted by atomic mass is 16.5. The van der Waals surface area contributed by atoms with Gasteiger partial charge in [0, 0.05) is 5.56 Å². The first-order chi connectivity index (χ1) is 7.45. The van der Waals surface area contributed by atoms with E-state index in [0.717, 1.165) is 17.5 Å². The molecule has 0 saturated heterocycles. The Balaban J connectivity index is 3.43. The van der Waals surface area contributed by atoms with Gasteiger partial charge < -0.3 is 14.6 Å². The Morgan fingerprint density at radius 2 is 1.81 bits per heavy atom. The molecule has 0 fully saturated rings. The second kappa shape index (κ2) is 4.74. The van der Waals surface area contributed by atoms with Gasteiger partial charge in [0.2, 0.25) is 0 Å². The number of ether oxygens (including phenoxy) is 2. The first-order valence-electron chi connectivity index (χ1n) is 5.42. The van der Waals surface area contributed by atoms with Crippen LogP contribution in [0, 0.1) is 0 Å². The van der Waals surface area contributed by atoms with Gasteiger partial charge in [-0.3, -0.25) is 0 Å². The molecule has 0 unspecified atom stereocenters. The standard InChI is InChI=1S/C13H20O3/c1-6-9-10(13(2,3)14)7-8-11(15-4)12(9)16-5/h7-8,14H,6H2,1-5H3. The lowest BCUT2D eigenvalue weighted by atomic mass is 9.91. The van der Waals surface area contributed by atoms with E-state index in [1.54, 1.807) is 28.1 Å². The van der Waals surface area contributed by atoms with E-state index in [1.807, 2.05) is 19.1 Å². The smallest absolute Gasteiger partial charge is 0.164 e. The molecule has 0 saturated carbocycles. The van der Waals surface area contributed by atoms with Crippen molar-refractivity contribution in [2.45, 2.75) is 32.8 Å². The molecule has 3 nitrogen and oxygen atoms in total. The van der Waals surface area contributed by atoms with Crippen molar-refractivity contribution in [3.05, 3.63) is 23.3 Å². The third kappa shape index (κ3) is 2.30. The highest BCUT2D eigenvalue weighted by Crippen LogP contribution is 2.37. The lowest BCUT2D eigenvalue weighted by molar-refractivity contribution is 0.0772. The van der Waals surface area contributed by atoms with Crippen molar-refractivity contribution >= 4 is 0 Å². The summed E-state index contributed by atoms with van der Waals surface area (Å²) in [5.41, 5.74) is 1.01. The summed E-state index contributed by atoms with van der Waals surface area (Å²) in [4.78, 5) is 0. The van der Waals surface area contributed by atoms with E-state index in [9.17, 15) is 5.11 Å². The van der Waals surface area contributed by atoms with Gasteiger partial charge in [-0.2, -0.15) is 0 Å². The normalized spacial score (nSPS) is 11.4. The maximum atomic E-state index is 10.1. The number of benzene rings is 1. The van der Waals surface area contributed by atoms with E-state index in [2.05, 4.69) is 0 Å². The molecule has 0 aliphatic carbocycles. The van der Waals surface area contributed by atoms with Crippen molar-refractivity contribution in [2.75, 3.05) is 14.2 Å². The first kappa shape index (κ1) is 12.8. The molecule has 0 aliphatic heterocycles. The number of rotatable bonds is 4. The van der Waals surface area contributed by atoms with Crippen LogP contribution in [0.15, 0.2) is 12.1 Å². The number of hydrogen-bond acceptors (Lipinski definition) is 3. The minimum absolute atomic E-state index is 0.701. The quantitative estimate of drug-likeness (QED) is 0.854. The predicted molar refractivity (Wildman–Crippen MR) is 64.2 cm³/mol. The Hall–Kier alpha value is -1.22. The highest BCUT2D eigenvalue weighted by Gasteiger charge is 2.23. The average molecular weight is 224 g/mol. The van der Waals surface area contributed by atoms with Crippen LogP contribution in [-0.2, 0) is 12.0 Å². The molecule has 0 bridgehead atoms. The third-order valence-corrected chi connectivity index (χ3v) is 2.66. The molecule has 1 rings (SSSR count). The van der Waals surface area contributed by atoms with Crippen LogP contribution in [0.4, 0.5) is 0 Å². The van der Waals surface area contributed by atoms with Gasteiger partial charge in [0.1, 0.15) is 0 Å². The van der Waals surface area contributed by atoms with Gasteiger partial charge in [0.05, 0.1) is 19.8 Å². The van der Waals surface area contributed by atoms with Gasteiger partial charge in [-0.1, -0.05) is 13.0 Å². The van der Waals surface area contributed by atoms with E-state index in [-0.39, 0.29) is 0 Å². The monoisotopic (exact) mass is 224 g/mol. The van der Waals surface area contributed by atoms with Crippen molar-refractivity contribution in [1.82, 2.24) is 0 Å². The molecule has 0 radical (unpaired) electrons. The first-order valence-corrected chi connectivity index (χ1v) is 5.42. The number of methoxy groups -OCH3 is 2. The lowest BCUT2D eigenvalue weighted by Crippen LogP contribution is -2.18. The third-order valence-electron chi connectivity index (χ3n) is 2.66. The zero-order chi connectivity index (χ0) is 12.3. The van der Waals surface area contributed by atoms with Crippen LogP contribution >= 0.6 is 0 Å². The van der Waals surface area contributed by atoms with Crippen molar-refractivity contribution in [1.29, 1.82) is 0 Å². The second-order valence-corrected chi connectivity index (χ2v) is 4.24. The molecule has 0 aromatic heterocycles. The summed E-state index contributed by atoms with van der Waals surface area (Å²) in [5, 5.41) is 10.1. The topological polar surface area (TPSA) is 38.7 Å². The Morgan fingerprint density at radius 3 is 2.19 bits per heavy atom. The molecule has 0 aliphatic rings. The summed E-state index contributed by atoms with van der Waals surface area (Å²) in [6, 6.07) is 3.71. The fourth-order valence-electron chi connectivity index (χ4n) is 1.92. The molecule has 0 heterocycles. The molecule has 1 aromatic rings. The van der Waals surface area contributed by atoms with Gasteiger partial charge >= 0.3 is 0 Å². The van der Waals surface area contributed by atoms with Crippen LogP contribution in [0.2, 0.25) is 0 Å². The van der Waals surface area contributed by atoms with Gasteiger partial charge in [-0.25, -0.2) is 0 Å². The highest BCUT2D eigenvalue weighted by molar-refractivity contribution is 5.52. The Kier molecular flexibility index (Phi) is 3.81. The molecule has 0 amide bonds. The lowest BCUT2D eigenvalue weighted by Gasteiger charge is -2.24. The maximum Gasteiger partial charge on any atom is 0.164 e. The average Bonchev–Trinajstić information content (AvgIpc) is 2.25. The minimum Gasteiger partial charge on any atom is -0.493 e. The van der Waals surface area contributed by atoms with Crippen LogP contribution in [-0.4, -0.2) is 19.3 Å². The molecule has 1 aromatic carbocycles. The molecule has 16 heavy (non-hydrogen) atoms. The van der Waals surface area contributed by atoms with E-state index < -0.39 is 5.60 Å². The predicted octanol–water partition coefficient (Wildman–Crippen LogP) is 2.49. The SMILES string of the molecule is CCc1c(C(C)(C)O)ccc(OC)c1OC. The number of hydrogen-bond donors (Lipinski definition) is 1. The molecule has 1 N–H and O–H groups in total. The van der Waals surface area contributed by atoms with Crippen LogP contribution < -0.4 is 9.47 Å². The molecular weight excluding hydrogens is 204 g/mol. The molecule has 3 heteroatoms. The Bertz CT molecular complexity index is 364. The van der Waals surface area contributed by atoms with E-state index in [1.165, 1.54) is 0 Å². The minimum atomic E-state index is -0.870. The van der Waals surface area contributed by atoms with Crippen molar-refractivity contribution in [3.8, 4) is 11.5 Å². The fraction of sp³-hybridized carbons (Fsp3) is 0.538. The number of aliphatic hydroxyl groups is 1. The maximum absolute atomic E-state index is 10.1. The summed E-state index contributed by atoms with van der Waals surface area (Å²) < 4.78 is 10.6.